The number of carboxylic acid groups (broad SMARTS) is 1. The molecule has 0 unspecified atom stereocenters. The molecule has 0 heterocycles. The van der Waals surface area contributed by atoms with Crippen LogP contribution >= 0.6 is 0 Å². The van der Waals surface area contributed by atoms with E-state index in [-0.39, 0.29) is 0 Å². The van der Waals surface area contributed by atoms with E-state index >= 15 is 0 Å². The summed E-state index contributed by atoms with van der Waals surface area (Å²) in [5, 5.41) is 11.1. The van der Waals surface area contributed by atoms with Crippen molar-refractivity contribution in [3.63, 3.8) is 0 Å². The van der Waals surface area contributed by atoms with Gasteiger partial charge in [0.05, 0.1) is 12.8 Å². The van der Waals surface area contributed by atoms with E-state index in [1.165, 1.54) is 7.11 Å². The first kappa shape index (κ1) is 19.2. The molecule has 0 radical (unpaired) electrons. The Bertz CT molecular complexity index is 1030. The fraction of sp³-hybridized carbons (Fsp3) is 0.130. The van der Waals surface area contributed by atoms with Crippen molar-refractivity contribution in [2.45, 2.75) is 6.42 Å². The Morgan fingerprint density at radius 2 is 1.96 bits per heavy atom. The molecule has 0 atom stereocenters. The lowest BCUT2D eigenvalue weighted by molar-refractivity contribution is -0.139. The molecule has 0 spiro atoms. The number of aliphatic carboxylic acids is 1. The minimum absolute atomic E-state index is 0.409. The van der Waals surface area contributed by atoms with Crippen LogP contribution in [-0.2, 0) is 11.2 Å². The Labute approximate surface area is 163 Å². The number of ether oxygens (including phenoxy) is 2. The average molecular weight is 375 g/mol. The van der Waals surface area contributed by atoms with Crippen LogP contribution in [0.1, 0.15) is 11.1 Å². The van der Waals surface area contributed by atoms with Crippen LogP contribution in [0.15, 0.2) is 72.2 Å². The molecule has 0 bridgehead atoms. The predicted molar refractivity (Wildman–Crippen MR) is 111 cm³/mol. The van der Waals surface area contributed by atoms with E-state index in [1.54, 1.807) is 18.4 Å². The molecule has 0 fully saturated rings. The molecule has 0 aliphatic heterocycles. The monoisotopic (exact) mass is 375 g/mol. The largest absolute Gasteiger partial charge is 0.493 e. The Morgan fingerprint density at radius 1 is 1.18 bits per heavy atom. The van der Waals surface area contributed by atoms with Gasteiger partial charge in [0.1, 0.15) is 0 Å². The predicted octanol–water partition coefficient (Wildman–Crippen LogP) is 4.79. The number of carbonyl (C=O) groups is 1. The van der Waals surface area contributed by atoms with Gasteiger partial charge in [-0.25, -0.2) is 4.79 Å². The number of allylic oxidation sites excluding steroid dienone is 1. The SMILES string of the molecule is C=CCc1cc(C=Nc2cccc3ccccc23)cc(OC)c1OCC(=O)O. The summed E-state index contributed by atoms with van der Waals surface area (Å²) < 4.78 is 10.8. The Kier molecular flexibility index (Phi) is 6.07. The maximum Gasteiger partial charge on any atom is 0.341 e. The molecule has 142 valence electrons. The van der Waals surface area contributed by atoms with Crippen LogP contribution in [0.2, 0.25) is 0 Å². The summed E-state index contributed by atoms with van der Waals surface area (Å²) in [5.74, 6) is -0.180. The number of methoxy groups -OCH3 is 1. The normalized spacial score (nSPS) is 10.9. The van der Waals surface area contributed by atoms with E-state index in [0.717, 1.165) is 27.6 Å². The summed E-state index contributed by atoms with van der Waals surface area (Å²) in [6.45, 7) is 3.32. The molecule has 0 aliphatic carbocycles. The summed E-state index contributed by atoms with van der Waals surface area (Å²) in [7, 11) is 1.52. The number of hydrogen-bond acceptors (Lipinski definition) is 4. The van der Waals surface area contributed by atoms with Gasteiger partial charge in [0.25, 0.3) is 0 Å². The van der Waals surface area contributed by atoms with Gasteiger partial charge in [-0.15, -0.1) is 6.58 Å². The van der Waals surface area contributed by atoms with E-state index in [9.17, 15) is 4.79 Å². The first-order chi connectivity index (χ1) is 13.6. The minimum atomic E-state index is -1.05. The van der Waals surface area contributed by atoms with Crippen LogP contribution in [0.5, 0.6) is 11.5 Å². The summed E-state index contributed by atoms with van der Waals surface area (Å²) in [5.41, 5.74) is 2.48. The highest BCUT2D eigenvalue weighted by Gasteiger charge is 2.13. The number of aliphatic imine (C=N–C) groups is 1. The zero-order chi connectivity index (χ0) is 19.9. The van der Waals surface area contributed by atoms with Crippen LogP contribution in [0.4, 0.5) is 5.69 Å². The second-order valence-electron chi connectivity index (χ2n) is 6.14. The number of hydrogen-bond donors (Lipinski definition) is 1. The Balaban J connectivity index is 1.99. The maximum atomic E-state index is 10.9. The summed E-state index contributed by atoms with van der Waals surface area (Å²) in [6, 6.07) is 17.7. The number of nitrogens with zero attached hydrogens (tertiary/aromatic N) is 1. The molecule has 3 aromatic rings. The highest BCUT2D eigenvalue weighted by molar-refractivity contribution is 5.95. The zero-order valence-corrected chi connectivity index (χ0v) is 15.6. The van der Waals surface area contributed by atoms with Crippen LogP contribution in [0.25, 0.3) is 10.8 Å². The summed E-state index contributed by atoms with van der Waals surface area (Å²) in [6.07, 6.45) is 4.01. The Morgan fingerprint density at radius 3 is 2.71 bits per heavy atom. The van der Waals surface area contributed by atoms with Gasteiger partial charge in [-0.05, 0) is 35.6 Å². The zero-order valence-electron chi connectivity index (χ0n) is 15.6. The van der Waals surface area contributed by atoms with E-state index in [2.05, 4.69) is 11.6 Å². The second kappa shape index (κ2) is 8.86. The molecular weight excluding hydrogens is 354 g/mol. The molecule has 28 heavy (non-hydrogen) atoms. The first-order valence-corrected chi connectivity index (χ1v) is 8.80. The molecule has 0 aliphatic rings. The van der Waals surface area contributed by atoms with Crippen LogP contribution in [0, 0.1) is 0 Å². The number of benzene rings is 3. The van der Waals surface area contributed by atoms with Crippen LogP contribution < -0.4 is 9.47 Å². The lowest BCUT2D eigenvalue weighted by Gasteiger charge is -2.14. The molecule has 5 heteroatoms. The summed E-state index contributed by atoms with van der Waals surface area (Å²) in [4.78, 5) is 15.5. The third-order valence-electron chi connectivity index (χ3n) is 4.20. The lowest BCUT2D eigenvalue weighted by Crippen LogP contribution is -2.11. The number of rotatable bonds is 8. The molecule has 0 saturated carbocycles. The van der Waals surface area contributed by atoms with Crippen molar-refractivity contribution >= 4 is 28.6 Å². The van der Waals surface area contributed by atoms with Gasteiger partial charge in [-0.3, -0.25) is 4.99 Å². The third kappa shape index (κ3) is 4.38. The van der Waals surface area contributed by atoms with E-state index in [4.69, 9.17) is 14.6 Å². The molecule has 0 saturated heterocycles. The molecule has 3 aromatic carbocycles. The van der Waals surface area contributed by atoms with E-state index in [1.807, 2.05) is 48.5 Å². The quantitative estimate of drug-likeness (QED) is 0.454. The average Bonchev–Trinajstić information content (AvgIpc) is 2.71. The molecule has 3 rings (SSSR count). The van der Waals surface area contributed by atoms with Gasteiger partial charge in [0.15, 0.2) is 18.1 Å². The van der Waals surface area contributed by atoms with Crippen molar-refractivity contribution in [1.29, 1.82) is 0 Å². The van der Waals surface area contributed by atoms with Crippen molar-refractivity contribution in [2.24, 2.45) is 4.99 Å². The highest BCUT2D eigenvalue weighted by atomic mass is 16.5. The van der Waals surface area contributed by atoms with Gasteiger partial charge < -0.3 is 14.6 Å². The van der Waals surface area contributed by atoms with Crippen molar-refractivity contribution in [1.82, 2.24) is 0 Å². The smallest absolute Gasteiger partial charge is 0.341 e. The second-order valence-corrected chi connectivity index (χ2v) is 6.14. The lowest BCUT2D eigenvalue weighted by atomic mass is 10.1. The molecule has 0 aromatic heterocycles. The van der Waals surface area contributed by atoms with Gasteiger partial charge in [-0.1, -0.05) is 42.5 Å². The molecule has 0 amide bonds. The standard InChI is InChI=1S/C23H21NO4/c1-3-7-18-12-16(13-21(27-2)23(18)28-15-22(25)26)14-24-20-11-6-9-17-8-4-5-10-19(17)20/h3-6,8-14H,1,7,15H2,2H3,(H,25,26). The highest BCUT2D eigenvalue weighted by Crippen LogP contribution is 2.33. The Hall–Kier alpha value is -3.60. The van der Waals surface area contributed by atoms with Crippen molar-refractivity contribution in [3.05, 3.63) is 78.4 Å². The third-order valence-corrected chi connectivity index (χ3v) is 4.20. The fourth-order valence-electron chi connectivity index (χ4n) is 2.98. The first-order valence-electron chi connectivity index (χ1n) is 8.80. The van der Waals surface area contributed by atoms with Gasteiger partial charge in [0.2, 0.25) is 0 Å². The summed E-state index contributed by atoms with van der Waals surface area (Å²) >= 11 is 0. The number of fused-ring (bicyclic) bond motifs is 1. The maximum absolute atomic E-state index is 10.9. The van der Waals surface area contributed by atoms with Crippen molar-refractivity contribution in [3.8, 4) is 11.5 Å². The number of carboxylic acids is 1. The fourth-order valence-corrected chi connectivity index (χ4v) is 2.98. The topological polar surface area (TPSA) is 68.1 Å². The molecule has 1 N–H and O–H groups in total. The van der Waals surface area contributed by atoms with Gasteiger partial charge >= 0.3 is 5.97 Å². The van der Waals surface area contributed by atoms with E-state index in [0.29, 0.717) is 17.9 Å². The van der Waals surface area contributed by atoms with Gasteiger partial charge in [0, 0.05) is 17.2 Å². The van der Waals surface area contributed by atoms with Crippen molar-refractivity contribution < 1.29 is 19.4 Å². The molecular formula is C23H21NO4. The minimum Gasteiger partial charge on any atom is -0.493 e. The molecule has 5 nitrogen and oxygen atoms in total. The van der Waals surface area contributed by atoms with Gasteiger partial charge in [-0.2, -0.15) is 0 Å². The van der Waals surface area contributed by atoms with E-state index < -0.39 is 12.6 Å². The van der Waals surface area contributed by atoms with Crippen LogP contribution in [-0.4, -0.2) is 31.0 Å². The van der Waals surface area contributed by atoms with Crippen molar-refractivity contribution in [2.75, 3.05) is 13.7 Å². The van der Waals surface area contributed by atoms with Crippen LogP contribution in [0.3, 0.4) is 0 Å².